The molecule has 0 aromatic heterocycles. The Bertz CT molecular complexity index is 354. The Balaban J connectivity index is 2.56. The summed E-state index contributed by atoms with van der Waals surface area (Å²) in [5.74, 6) is 0. The van der Waals surface area contributed by atoms with Crippen LogP contribution in [0.2, 0.25) is 0 Å². The SMILES string of the molecule is CC(C)(C)OC(=O)Nc1ccc([CH2][Zn+])cc1. The van der Waals surface area contributed by atoms with Crippen molar-refractivity contribution >= 4 is 11.8 Å². The molecular weight excluding hydrogens is 256 g/mol. The number of ether oxygens (including phenoxy) is 1. The van der Waals surface area contributed by atoms with Crippen molar-refractivity contribution in [2.75, 3.05) is 5.32 Å². The molecular formula is C12H16NO2Zn+. The molecule has 16 heavy (non-hydrogen) atoms. The van der Waals surface area contributed by atoms with E-state index in [9.17, 15) is 4.79 Å². The number of carbonyl (C=O) groups excluding carboxylic acids is 1. The van der Waals surface area contributed by atoms with E-state index in [-0.39, 0.29) is 0 Å². The summed E-state index contributed by atoms with van der Waals surface area (Å²) >= 11 is 1.25. The summed E-state index contributed by atoms with van der Waals surface area (Å²) in [6, 6.07) is 7.84. The van der Waals surface area contributed by atoms with Crippen LogP contribution in [0.1, 0.15) is 26.3 Å². The Hall–Kier alpha value is -0.887. The van der Waals surface area contributed by atoms with Gasteiger partial charge in [0.1, 0.15) is 0 Å². The molecule has 1 rings (SSSR count). The Labute approximate surface area is 106 Å². The third-order valence-electron chi connectivity index (χ3n) is 1.89. The zero-order valence-corrected chi connectivity index (χ0v) is 13.0. The monoisotopic (exact) mass is 270 g/mol. The van der Waals surface area contributed by atoms with Crippen LogP contribution in [0.15, 0.2) is 24.3 Å². The van der Waals surface area contributed by atoms with Crippen LogP contribution in [0, 0.1) is 0 Å². The van der Waals surface area contributed by atoms with Crippen molar-refractivity contribution in [1.82, 2.24) is 0 Å². The first kappa shape index (κ1) is 13.2. The predicted molar refractivity (Wildman–Crippen MR) is 60.0 cm³/mol. The average Bonchev–Trinajstić information content (AvgIpc) is 2.16. The summed E-state index contributed by atoms with van der Waals surface area (Å²) in [6.45, 7) is 5.53. The molecule has 1 N–H and O–H groups in total. The van der Waals surface area contributed by atoms with Crippen LogP contribution in [-0.2, 0) is 28.1 Å². The Kier molecular flexibility index (Phi) is 4.48. The van der Waals surface area contributed by atoms with Crippen molar-refractivity contribution in [1.29, 1.82) is 0 Å². The quantitative estimate of drug-likeness (QED) is 0.840. The van der Waals surface area contributed by atoms with Crippen molar-refractivity contribution < 1.29 is 27.8 Å². The number of hydrogen-bond donors (Lipinski definition) is 1. The van der Waals surface area contributed by atoms with E-state index in [2.05, 4.69) is 5.32 Å². The van der Waals surface area contributed by atoms with Crippen molar-refractivity contribution in [3.63, 3.8) is 0 Å². The molecule has 0 fully saturated rings. The second-order valence-corrected chi connectivity index (χ2v) is 5.62. The normalized spacial score (nSPS) is 11.1. The number of nitrogens with one attached hydrogen (secondary N) is 1. The molecule has 0 aliphatic rings. The number of carbonyl (C=O) groups is 1. The van der Waals surface area contributed by atoms with E-state index in [0.717, 1.165) is 10.7 Å². The van der Waals surface area contributed by atoms with Crippen LogP contribution in [-0.4, -0.2) is 11.7 Å². The molecule has 0 aliphatic heterocycles. The average molecular weight is 272 g/mol. The molecule has 1 aromatic rings. The van der Waals surface area contributed by atoms with Gasteiger partial charge in [0.2, 0.25) is 0 Å². The fourth-order valence-corrected chi connectivity index (χ4v) is 1.88. The fourth-order valence-electron chi connectivity index (χ4n) is 1.18. The molecule has 0 heterocycles. The van der Waals surface area contributed by atoms with E-state index in [1.54, 1.807) is 0 Å². The number of amides is 1. The van der Waals surface area contributed by atoms with Gasteiger partial charge in [-0.1, -0.05) is 0 Å². The summed E-state index contributed by atoms with van der Waals surface area (Å²) in [5.41, 5.74) is 1.61. The molecule has 1 amide bonds. The van der Waals surface area contributed by atoms with Gasteiger partial charge in [-0.2, -0.15) is 0 Å². The minimum absolute atomic E-state index is 0.412. The maximum atomic E-state index is 11.5. The van der Waals surface area contributed by atoms with E-state index in [1.165, 1.54) is 23.9 Å². The van der Waals surface area contributed by atoms with Gasteiger partial charge in [0.15, 0.2) is 0 Å². The molecule has 82 valence electrons. The van der Waals surface area contributed by atoms with Crippen molar-refractivity contribution in [2.24, 2.45) is 0 Å². The Morgan fingerprint density at radius 2 is 1.88 bits per heavy atom. The minimum atomic E-state index is -0.460. The van der Waals surface area contributed by atoms with Crippen molar-refractivity contribution in [3.8, 4) is 0 Å². The van der Waals surface area contributed by atoms with Crippen LogP contribution in [0.3, 0.4) is 0 Å². The van der Waals surface area contributed by atoms with E-state index in [1.807, 2.05) is 45.0 Å². The first-order valence-corrected chi connectivity index (χ1v) is 7.39. The van der Waals surface area contributed by atoms with Crippen LogP contribution in [0.5, 0.6) is 0 Å². The van der Waals surface area contributed by atoms with Crippen LogP contribution >= 0.6 is 0 Å². The number of benzene rings is 1. The molecule has 1 aromatic carbocycles. The van der Waals surface area contributed by atoms with Gasteiger partial charge in [-0.15, -0.1) is 0 Å². The zero-order chi connectivity index (χ0) is 12.2. The van der Waals surface area contributed by atoms with Crippen molar-refractivity contribution in [3.05, 3.63) is 29.8 Å². The molecule has 0 unspecified atom stereocenters. The summed E-state index contributed by atoms with van der Waals surface area (Å²) in [4.78, 5) is 11.5. The topological polar surface area (TPSA) is 38.3 Å². The molecule has 0 radical (unpaired) electrons. The zero-order valence-electron chi connectivity index (χ0n) is 10.0. The second-order valence-electron chi connectivity index (χ2n) is 4.57. The number of rotatable bonds is 2. The van der Waals surface area contributed by atoms with Gasteiger partial charge in [-0.3, -0.25) is 0 Å². The van der Waals surface area contributed by atoms with Gasteiger partial charge in [0, 0.05) is 0 Å². The van der Waals surface area contributed by atoms with E-state index < -0.39 is 11.7 Å². The van der Waals surface area contributed by atoms with Gasteiger partial charge < -0.3 is 0 Å². The molecule has 0 saturated heterocycles. The fraction of sp³-hybridized carbons (Fsp3) is 0.417. The summed E-state index contributed by atoms with van der Waals surface area (Å²) in [6.07, 6.45) is -0.412. The predicted octanol–water partition coefficient (Wildman–Crippen LogP) is 3.08. The van der Waals surface area contributed by atoms with E-state index in [0.29, 0.717) is 0 Å². The Morgan fingerprint density at radius 1 is 1.31 bits per heavy atom. The Morgan fingerprint density at radius 3 is 2.31 bits per heavy atom. The second kappa shape index (κ2) is 5.44. The standard InChI is InChI=1S/C12H16NO2.Zn/c1-9-5-7-10(8-6-9)13-11(14)15-12(2,3)4;/h5-8H,1H2,2-4H3,(H,13,14);/q;+1. The third kappa shape index (κ3) is 4.76. The van der Waals surface area contributed by atoms with Gasteiger partial charge in [0.25, 0.3) is 0 Å². The number of hydrogen-bond acceptors (Lipinski definition) is 2. The van der Waals surface area contributed by atoms with Crippen LogP contribution in [0.4, 0.5) is 10.5 Å². The first-order chi connectivity index (χ1) is 7.40. The first-order valence-electron chi connectivity index (χ1n) is 5.29. The van der Waals surface area contributed by atoms with E-state index >= 15 is 0 Å². The van der Waals surface area contributed by atoms with Crippen LogP contribution in [0.25, 0.3) is 0 Å². The molecule has 0 aliphatic carbocycles. The van der Waals surface area contributed by atoms with Gasteiger partial charge in [0.05, 0.1) is 0 Å². The summed E-state index contributed by atoms with van der Waals surface area (Å²) < 4.78 is 5.15. The van der Waals surface area contributed by atoms with Gasteiger partial charge in [-0.25, -0.2) is 0 Å². The van der Waals surface area contributed by atoms with Gasteiger partial charge >= 0.3 is 106 Å². The number of anilines is 1. The summed E-state index contributed by atoms with van der Waals surface area (Å²) in [5, 5.41) is 3.82. The molecule has 0 spiro atoms. The van der Waals surface area contributed by atoms with Gasteiger partial charge in [-0.05, 0) is 0 Å². The molecule has 0 saturated carbocycles. The summed E-state index contributed by atoms with van der Waals surface area (Å²) in [7, 11) is 0. The molecule has 0 bridgehead atoms. The third-order valence-corrected chi connectivity index (χ3v) is 3.10. The molecule has 3 nitrogen and oxygen atoms in total. The van der Waals surface area contributed by atoms with E-state index in [4.69, 9.17) is 4.74 Å². The maximum absolute atomic E-state index is 11.5. The molecule has 0 atom stereocenters. The van der Waals surface area contributed by atoms with Crippen LogP contribution < -0.4 is 5.32 Å². The molecule has 4 heteroatoms. The van der Waals surface area contributed by atoms with Crippen molar-refractivity contribution in [2.45, 2.75) is 31.4 Å².